The Hall–Kier alpha value is -1.08. The molecule has 0 saturated heterocycles. The van der Waals surface area contributed by atoms with Gasteiger partial charge in [-0.05, 0) is 13.8 Å². The van der Waals surface area contributed by atoms with Gasteiger partial charge in [0.1, 0.15) is 5.50 Å². The Bertz CT molecular complexity index is 400. The summed E-state index contributed by atoms with van der Waals surface area (Å²) >= 11 is 6.38. The standard InChI is InChI=1S/C7H10ClN3O3S/c1-3-14-7-10-6(13)11(15-7)5(12)9-4(2)8/h4H,3H2,1-2H3,(H,9,12). The number of carbonyl (C=O) groups excluding carboxylic acids is 1. The van der Waals surface area contributed by atoms with Crippen LogP contribution in [0.4, 0.5) is 4.79 Å². The van der Waals surface area contributed by atoms with Gasteiger partial charge >= 0.3 is 11.7 Å². The maximum Gasteiger partial charge on any atom is 0.369 e. The van der Waals surface area contributed by atoms with Crippen LogP contribution in [0.1, 0.15) is 13.8 Å². The zero-order valence-corrected chi connectivity index (χ0v) is 9.76. The van der Waals surface area contributed by atoms with Crippen molar-refractivity contribution >= 4 is 29.2 Å². The summed E-state index contributed by atoms with van der Waals surface area (Å²) in [6, 6.07) is -0.606. The van der Waals surface area contributed by atoms with E-state index in [0.29, 0.717) is 6.61 Å². The van der Waals surface area contributed by atoms with Gasteiger partial charge in [-0.15, -0.1) is 4.98 Å². The first-order chi connectivity index (χ1) is 7.04. The lowest BCUT2D eigenvalue weighted by atomic mass is 10.7. The second-order valence-electron chi connectivity index (χ2n) is 2.54. The fourth-order valence-corrected chi connectivity index (χ4v) is 1.59. The molecule has 0 saturated carbocycles. The lowest BCUT2D eigenvalue weighted by Crippen LogP contribution is -2.36. The number of hydrogen-bond acceptors (Lipinski definition) is 5. The molecule has 1 heterocycles. The van der Waals surface area contributed by atoms with Gasteiger partial charge in [-0.2, -0.15) is 3.96 Å². The highest BCUT2D eigenvalue weighted by molar-refractivity contribution is 7.09. The van der Waals surface area contributed by atoms with Crippen molar-refractivity contribution in [3.63, 3.8) is 0 Å². The first-order valence-corrected chi connectivity index (χ1v) is 5.43. The van der Waals surface area contributed by atoms with Crippen molar-refractivity contribution in [3.05, 3.63) is 10.5 Å². The molecule has 1 amide bonds. The van der Waals surface area contributed by atoms with Gasteiger partial charge in [-0.3, -0.25) is 0 Å². The van der Waals surface area contributed by atoms with E-state index in [9.17, 15) is 9.59 Å². The largest absolute Gasteiger partial charge is 0.469 e. The van der Waals surface area contributed by atoms with Gasteiger partial charge in [0.25, 0.3) is 5.19 Å². The third kappa shape index (κ3) is 3.21. The Morgan fingerprint density at radius 3 is 3.00 bits per heavy atom. The van der Waals surface area contributed by atoms with Gasteiger partial charge in [0.2, 0.25) is 0 Å². The van der Waals surface area contributed by atoms with Gasteiger partial charge in [0.15, 0.2) is 0 Å². The van der Waals surface area contributed by atoms with E-state index in [1.807, 2.05) is 0 Å². The molecule has 0 aliphatic rings. The number of rotatable bonds is 3. The number of ether oxygens (including phenoxy) is 1. The molecule has 15 heavy (non-hydrogen) atoms. The Balaban J connectivity index is 2.85. The molecule has 0 aromatic carbocycles. The van der Waals surface area contributed by atoms with Crippen LogP contribution >= 0.6 is 23.1 Å². The zero-order chi connectivity index (χ0) is 11.4. The summed E-state index contributed by atoms with van der Waals surface area (Å²) in [6.07, 6.45) is 0. The number of aromatic nitrogens is 2. The smallest absolute Gasteiger partial charge is 0.369 e. The molecule has 1 unspecified atom stereocenters. The van der Waals surface area contributed by atoms with Crippen LogP contribution in [0.25, 0.3) is 0 Å². The molecule has 1 aromatic rings. The Morgan fingerprint density at radius 1 is 1.80 bits per heavy atom. The third-order valence-electron chi connectivity index (χ3n) is 1.30. The van der Waals surface area contributed by atoms with Crippen molar-refractivity contribution in [1.82, 2.24) is 14.3 Å². The van der Waals surface area contributed by atoms with Crippen molar-refractivity contribution in [2.45, 2.75) is 19.3 Å². The Kier molecular flexibility index (Phi) is 4.10. The predicted octanol–water partition coefficient (Wildman–Crippen LogP) is 0.846. The van der Waals surface area contributed by atoms with E-state index in [2.05, 4.69) is 10.3 Å². The SMILES string of the molecule is CCOc1nc(=O)n(C(=O)NC(C)Cl)s1. The van der Waals surface area contributed by atoms with Crippen molar-refractivity contribution in [2.24, 2.45) is 0 Å². The molecule has 1 atom stereocenters. The van der Waals surface area contributed by atoms with Gasteiger partial charge in [-0.1, -0.05) is 11.6 Å². The van der Waals surface area contributed by atoms with Crippen molar-refractivity contribution in [3.8, 4) is 5.19 Å². The van der Waals surface area contributed by atoms with Crippen LogP contribution in [0.2, 0.25) is 0 Å². The van der Waals surface area contributed by atoms with Crippen LogP contribution in [0, 0.1) is 0 Å². The molecule has 0 fully saturated rings. The first-order valence-electron chi connectivity index (χ1n) is 4.22. The van der Waals surface area contributed by atoms with Crippen LogP contribution in [-0.4, -0.2) is 27.1 Å². The maximum atomic E-state index is 11.4. The fourth-order valence-electron chi connectivity index (χ4n) is 0.800. The monoisotopic (exact) mass is 251 g/mol. The first kappa shape index (κ1) is 12.0. The minimum absolute atomic E-state index is 0.167. The summed E-state index contributed by atoms with van der Waals surface area (Å²) in [6.45, 7) is 3.73. The highest BCUT2D eigenvalue weighted by atomic mass is 35.5. The lowest BCUT2D eigenvalue weighted by Gasteiger charge is -2.04. The molecule has 84 valence electrons. The van der Waals surface area contributed by atoms with Gasteiger partial charge in [-0.25, -0.2) is 9.59 Å². The molecule has 0 radical (unpaired) electrons. The summed E-state index contributed by atoms with van der Waals surface area (Å²) in [5.74, 6) is 0. The zero-order valence-electron chi connectivity index (χ0n) is 8.19. The number of amides is 1. The highest BCUT2D eigenvalue weighted by Crippen LogP contribution is 2.11. The average molecular weight is 252 g/mol. The van der Waals surface area contributed by atoms with Crippen LogP contribution < -0.4 is 15.7 Å². The van der Waals surface area contributed by atoms with E-state index in [0.717, 1.165) is 15.5 Å². The molecule has 0 aliphatic carbocycles. The van der Waals surface area contributed by atoms with Crippen LogP contribution in [0.15, 0.2) is 4.79 Å². The second kappa shape index (κ2) is 5.13. The van der Waals surface area contributed by atoms with E-state index >= 15 is 0 Å². The lowest BCUT2D eigenvalue weighted by molar-refractivity contribution is 0.243. The number of nitrogens with one attached hydrogen (secondary N) is 1. The van der Waals surface area contributed by atoms with Crippen molar-refractivity contribution in [1.29, 1.82) is 0 Å². The van der Waals surface area contributed by atoms with Gasteiger partial charge in [0.05, 0.1) is 6.61 Å². The molecule has 1 N–H and O–H groups in total. The average Bonchev–Trinajstić information content (AvgIpc) is 2.46. The quantitative estimate of drug-likeness (QED) is 0.638. The molecule has 8 heteroatoms. The van der Waals surface area contributed by atoms with Gasteiger partial charge < -0.3 is 10.1 Å². The van der Waals surface area contributed by atoms with Crippen molar-refractivity contribution in [2.75, 3.05) is 6.61 Å². The molecule has 0 aliphatic heterocycles. The third-order valence-corrected chi connectivity index (χ3v) is 2.28. The molecule has 6 nitrogen and oxygen atoms in total. The number of nitrogens with zero attached hydrogens (tertiary/aromatic N) is 2. The summed E-state index contributed by atoms with van der Waals surface area (Å²) in [7, 11) is 0. The minimum Gasteiger partial charge on any atom is -0.469 e. The topological polar surface area (TPSA) is 73.2 Å². The molecule has 1 rings (SSSR count). The second-order valence-corrected chi connectivity index (χ2v) is 4.10. The van der Waals surface area contributed by atoms with Crippen LogP contribution in [0.3, 0.4) is 0 Å². The van der Waals surface area contributed by atoms with Crippen LogP contribution in [0.5, 0.6) is 5.19 Å². The molecular weight excluding hydrogens is 242 g/mol. The summed E-state index contributed by atoms with van der Waals surface area (Å²) in [5.41, 5.74) is -1.22. The number of hydrogen-bond donors (Lipinski definition) is 1. The summed E-state index contributed by atoms with van der Waals surface area (Å²) in [5, 5.41) is 2.53. The normalized spacial score (nSPS) is 12.2. The molecular formula is C7H10ClN3O3S. The van der Waals surface area contributed by atoms with E-state index in [-0.39, 0.29) is 5.19 Å². The molecule has 1 aromatic heterocycles. The highest BCUT2D eigenvalue weighted by Gasteiger charge is 2.14. The molecule has 0 spiro atoms. The van der Waals surface area contributed by atoms with Crippen LogP contribution in [-0.2, 0) is 0 Å². The van der Waals surface area contributed by atoms with Gasteiger partial charge in [0, 0.05) is 11.5 Å². The molecule has 0 bridgehead atoms. The van der Waals surface area contributed by atoms with E-state index in [1.165, 1.54) is 0 Å². The Labute approximate surface area is 95.0 Å². The maximum absolute atomic E-state index is 11.4. The summed E-state index contributed by atoms with van der Waals surface area (Å²) < 4.78 is 5.85. The summed E-state index contributed by atoms with van der Waals surface area (Å²) in [4.78, 5) is 26.1. The Morgan fingerprint density at radius 2 is 2.47 bits per heavy atom. The van der Waals surface area contributed by atoms with Crippen molar-refractivity contribution < 1.29 is 9.53 Å². The predicted molar refractivity (Wildman–Crippen MR) is 56.8 cm³/mol. The minimum atomic E-state index is -0.668. The van der Waals surface area contributed by atoms with E-state index < -0.39 is 17.2 Å². The number of halogens is 1. The van der Waals surface area contributed by atoms with E-state index in [4.69, 9.17) is 16.3 Å². The number of carbonyl (C=O) groups is 1. The fraction of sp³-hybridized carbons (Fsp3) is 0.571. The number of alkyl halides is 1. The van der Waals surface area contributed by atoms with E-state index in [1.54, 1.807) is 13.8 Å².